The number of nitrogens with zero attached hydrogens (tertiary/aromatic N) is 2. The Morgan fingerprint density at radius 2 is 1.55 bits per heavy atom. The summed E-state index contributed by atoms with van der Waals surface area (Å²) in [5.41, 5.74) is 2.34. The van der Waals surface area contributed by atoms with Crippen molar-refractivity contribution in [2.45, 2.75) is 45.8 Å². The van der Waals surface area contributed by atoms with Crippen LogP contribution in [0.2, 0.25) is 0 Å². The summed E-state index contributed by atoms with van der Waals surface area (Å²) >= 11 is 0. The lowest BCUT2D eigenvalue weighted by atomic mass is 9.81. The molecule has 5 heteroatoms. The van der Waals surface area contributed by atoms with Gasteiger partial charge in [-0.3, -0.25) is 0 Å². The molecular weight excluding hydrogens is 275 g/mol. The van der Waals surface area contributed by atoms with Gasteiger partial charge in [-0.2, -0.15) is 0 Å². The van der Waals surface area contributed by atoms with E-state index in [1.165, 1.54) is 5.56 Å². The molecule has 22 heavy (non-hydrogen) atoms. The van der Waals surface area contributed by atoms with Crippen LogP contribution in [0.3, 0.4) is 0 Å². The summed E-state index contributed by atoms with van der Waals surface area (Å²) in [5, 5.41) is 0. The van der Waals surface area contributed by atoms with Crippen LogP contribution in [0.4, 0.5) is 0 Å². The van der Waals surface area contributed by atoms with Gasteiger partial charge in [0.15, 0.2) is 5.82 Å². The quantitative estimate of drug-likeness (QED) is 0.799. The van der Waals surface area contributed by atoms with Crippen LogP contribution in [0.1, 0.15) is 33.3 Å². The third-order valence-electron chi connectivity index (χ3n) is 4.47. The Bertz CT molecular complexity index is 667. The van der Waals surface area contributed by atoms with E-state index in [-0.39, 0.29) is 11.2 Å². The van der Waals surface area contributed by atoms with Gasteiger partial charge < -0.3 is 9.31 Å². The first-order valence-corrected chi connectivity index (χ1v) is 7.53. The van der Waals surface area contributed by atoms with Crippen molar-refractivity contribution in [3.63, 3.8) is 0 Å². The Morgan fingerprint density at radius 1 is 0.955 bits per heavy atom. The van der Waals surface area contributed by atoms with E-state index >= 15 is 0 Å². The van der Waals surface area contributed by atoms with Gasteiger partial charge in [-0.1, -0.05) is 23.8 Å². The molecule has 1 fully saturated rings. The molecule has 0 radical (unpaired) electrons. The molecule has 2 heterocycles. The molecule has 114 valence electrons. The molecule has 0 atom stereocenters. The van der Waals surface area contributed by atoms with E-state index < -0.39 is 7.12 Å². The van der Waals surface area contributed by atoms with Crippen LogP contribution < -0.4 is 5.46 Å². The van der Waals surface area contributed by atoms with Crippen molar-refractivity contribution in [3.05, 3.63) is 42.2 Å². The van der Waals surface area contributed by atoms with Gasteiger partial charge in [0, 0.05) is 23.4 Å². The van der Waals surface area contributed by atoms with Gasteiger partial charge >= 0.3 is 7.12 Å². The molecular formula is C17H21BN2O2. The van der Waals surface area contributed by atoms with Crippen LogP contribution in [-0.2, 0) is 9.31 Å². The fourth-order valence-corrected chi connectivity index (χ4v) is 2.37. The van der Waals surface area contributed by atoms with Crippen molar-refractivity contribution < 1.29 is 9.31 Å². The zero-order valence-corrected chi connectivity index (χ0v) is 13.8. The molecule has 4 nitrogen and oxygen atoms in total. The first-order chi connectivity index (χ1) is 10.3. The standard InChI is InChI=1S/C17H21BN2O2/c1-12-7-6-8-13(9-12)15-19-10-14(11-20-15)18-21-16(2,3)17(4,5)22-18/h6-11H,1-5H3. The number of benzene rings is 1. The minimum absolute atomic E-state index is 0.354. The molecule has 1 aliphatic rings. The van der Waals surface area contributed by atoms with Crippen molar-refractivity contribution in [1.82, 2.24) is 9.97 Å². The SMILES string of the molecule is Cc1cccc(-c2ncc(B3OC(C)(C)C(C)(C)O3)cn2)c1. The summed E-state index contributed by atoms with van der Waals surface area (Å²) < 4.78 is 12.0. The maximum Gasteiger partial charge on any atom is 0.498 e. The van der Waals surface area contributed by atoms with Gasteiger partial charge in [0.05, 0.1) is 11.2 Å². The van der Waals surface area contributed by atoms with Crippen LogP contribution in [0.15, 0.2) is 36.7 Å². The van der Waals surface area contributed by atoms with E-state index in [9.17, 15) is 0 Å². The van der Waals surface area contributed by atoms with E-state index in [1.54, 1.807) is 12.4 Å². The molecule has 1 aromatic heterocycles. The number of aryl methyl sites for hydroxylation is 1. The van der Waals surface area contributed by atoms with E-state index in [4.69, 9.17) is 9.31 Å². The predicted molar refractivity (Wildman–Crippen MR) is 87.9 cm³/mol. The lowest BCUT2D eigenvalue weighted by molar-refractivity contribution is 0.00578. The Kier molecular flexibility index (Phi) is 3.58. The lowest BCUT2D eigenvalue weighted by Crippen LogP contribution is -2.41. The summed E-state index contributed by atoms with van der Waals surface area (Å²) in [6.45, 7) is 10.2. The van der Waals surface area contributed by atoms with Crippen LogP contribution in [0, 0.1) is 6.92 Å². The van der Waals surface area contributed by atoms with Crippen LogP contribution in [-0.4, -0.2) is 28.3 Å². The number of hydrogen-bond acceptors (Lipinski definition) is 4. The molecule has 1 saturated heterocycles. The molecule has 0 aliphatic carbocycles. The topological polar surface area (TPSA) is 44.2 Å². The summed E-state index contributed by atoms with van der Waals surface area (Å²) in [5.74, 6) is 0.712. The smallest absolute Gasteiger partial charge is 0.399 e. The van der Waals surface area contributed by atoms with E-state index in [0.717, 1.165) is 11.0 Å². The highest BCUT2D eigenvalue weighted by Gasteiger charge is 2.51. The first-order valence-electron chi connectivity index (χ1n) is 7.53. The van der Waals surface area contributed by atoms with Gasteiger partial charge in [0.2, 0.25) is 0 Å². The molecule has 3 rings (SSSR count). The van der Waals surface area contributed by atoms with E-state index in [1.807, 2.05) is 39.8 Å². The molecule has 0 bridgehead atoms. The highest BCUT2D eigenvalue weighted by atomic mass is 16.7. The van der Waals surface area contributed by atoms with E-state index in [2.05, 4.69) is 29.0 Å². The maximum absolute atomic E-state index is 6.01. The third kappa shape index (κ3) is 2.66. The average molecular weight is 296 g/mol. The summed E-state index contributed by atoms with van der Waals surface area (Å²) in [6, 6.07) is 8.15. The van der Waals surface area contributed by atoms with Crippen molar-refractivity contribution >= 4 is 12.6 Å². The van der Waals surface area contributed by atoms with Crippen LogP contribution >= 0.6 is 0 Å². The summed E-state index contributed by atoms with van der Waals surface area (Å²) in [6.07, 6.45) is 3.57. The fourth-order valence-electron chi connectivity index (χ4n) is 2.37. The normalized spacial score (nSPS) is 19.4. The number of aromatic nitrogens is 2. The fraction of sp³-hybridized carbons (Fsp3) is 0.412. The van der Waals surface area contributed by atoms with Crippen molar-refractivity contribution in [1.29, 1.82) is 0 Å². The molecule has 0 N–H and O–H groups in total. The monoisotopic (exact) mass is 296 g/mol. The number of rotatable bonds is 2. The molecule has 2 aromatic rings. The zero-order valence-electron chi connectivity index (χ0n) is 13.8. The Hall–Kier alpha value is -1.72. The van der Waals surface area contributed by atoms with Crippen LogP contribution in [0.5, 0.6) is 0 Å². The lowest BCUT2D eigenvalue weighted by Gasteiger charge is -2.32. The molecule has 0 unspecified atom stereocenters. The average Bonchev–Trinajstić information content (AvgIpc) is 2.68. The highest BCUT2D eigenvalue weighted by molar-refractivity contribution is 6.61. The van der Waals surface area contributed by atoms with Crippen molar-refractivity contribution in [2.75, 3.05) is 0 Å². The van der Waals surface area contributed by atoms with Gasteiger partial charge in [0.25, 0.3) is 0 Å². The van der Waals surface area contributed by atoms with Gasteiger partial charge in [-0.25, -0.2) is 9.97 Å². The Labute approximate surface area is 132 Å². The second-order valence-corrected chi connectivity index (χ2v) is 6.80. The summed E-state index contributed by atoms with van der Waals surface area (Å²) in [7, 11) is -0.420. The molecule has 1 aliphatic heterocycles. The van der Waals surface area contributed by atoms with Crippen LogP contribution in [0.25, 0.3) is 11.4 Å². The van der Waals surface area contributed by atoms with E-state index in [0.29, 0.717) is 5.82 Å². The molecule has 0 amide bonds. The highest BCUT2D eigenvalue weighted by Crippen LogP contribution is 2.36. The largest absolute Gasteiger partial charge is 0.498 e. The Morgan fingerprint density at radius 3 is 2.09 bits per heavy atom. The Balaban J connectivity index is 1.84. The predicted octanol–water partition coefficient (Wildman–Crippen LogP) is 2.75. The summed E-state index contributed by atoms with van der Waals surface area (Å²) in [4.78, 5) is 8.92. The van der Waals surface area contributed by atoms with Gasteiger partial charge in [-0.15, -0.1) is 0 Å². The third-order valence-corrected chi connectivity index (χ3v) is 4.47. The van der Waals surface area contributed by atoms with Crippen molar-refractivity contribution in [2.24, 2.45) is 0 Å². The van der Waals surface area contributed by atoms with Gasteiger partial charge in [-0.05, 0) is 40.7 Å². The van der Waals surface area contributed by atoms with Crippen molar-refractivity contribution in [3.8, 4) is 11.4 Å². The first kappa shape index (κ1) is 15.2. The maximum atomic E-state index is 6.01. The molecule has 0 saturated carbocycles. The second kappa shape index (κ2) is 5.18. The second-order valence-electron chi connectivity index (χ2n) is 6.80. The molecule has 1 aromatic carbocycles. The minimum Gasteiger partial charge on any atom is -0.399 e. The number of hydrogen-bond donors (Lipinski definition) is 0. The zero-order chi connectivity index (χ0) is 16.0. The van der Waals surface area contributed by atoms with Gasteiger partial charge in [0.1, 0.15) is 0 Å². The minimum atomic E-state index is -0.420. The molecule has 0 spiro atoms.